The first-order valence-corrected chi connectivity index (χ1v) is 8.88. The van der Waals surface area contributed by atoms with Crippen molar-refractivity contribution in [1.82, 2.24) is 4.98 Å². The van der Waals surface area contributed by atoms with Crippen LogP contribution in [0.1, 0.15) is 52.2 Å². The Labute approximate surface area is 161 Å². The number of carbonyl (C=O) groups excluding carboxylic acids is 1. The predicted molar refractivity (Wildman–Crippen MR) is 115 cm³/mol. The summed E-state index contributed by atoms with van der Waals surface area (Å²) in [6.45, 7) is 15.5. The molecule has 27 heavy (non-hydrogen) atoms. The number of hydrogen-bond donors (Lipinski definition) is 1. The van der Waals surface area contributed by atoms with Crippen molar-refractivity contribution in [3.05, 3.63) is 89.0 Å². The summed E-state index contributed by atoms with van der Waals surface area (Å²) in [5.41, 5.74) is 7.63. The third-order valence-corrected chi connectivity index (χ3v) is 4.72. The molecule has 3 heteroatoms. The summed E-state index contributed by atoms with van der Waals surface area (Å²) in [6.07, 6.45) is 7.83. The number of H-pyrrole nitrogens is 1. The second-order valence-corrected chi connectivity index (χ2v) is 6.46. The van der Waals surface area contributed by atoms with E-state index < -0.39 is 0 Å². The minimum Gasteiger partial charge on any atom is -0.497 e. The monoisotopic (exact) mass is 361 g/mol. The van der Waals surface area contributed by atoms with E-state index in [9.17, 15) is 4.79 Å². The first-order valence-electron chi connectivity index (χ1n) is 8.88. The van der Waals surface area contributed by atoms with Gasteiger partial charge in [0.25, 0.3) is 0 Å². The van der Waals surface area contributed by atoms with Crippen LogP contribution in [0.3, 0.4) is 0 Å². The molecule has 0 aliphatic carbocycles. The Hall–Kier alpha value is -3.07. The molecule has 0 radical (unpaired) electrons. The molecule has 3 nitrogen and oxygen atoms in total. The van der Waals surface area contributed by atoms with Crippen LogP contribution < -0.4 is 0 Å². The van der Waals surface area contributed by atoms with Crippen molar-refractivity contribution >= 4 is 23.0 Å². The lowest BCUT2D eigenvalue weighted by Gasteiger charge is -2.11. The molecular formula is C24H27NO2. The highest BCUT2D eigenvalue weighted by Gasteiger charge is 2.14. The number of benzene rings is 1. The zero-order chi connectivity index (χ0) is 20.1. The Morgan fingerprint density at radius 3 is 2.48 bits per heavy atom. The summed E-state index contributed by atoms with van der Waals surface area (Å²) in [6, 6.07) is 5.91. The third kappa shape index (κ3) is 4.20. The molecule has 0 bridgehead atoms. The number of aromatic nitrogens is 1. The molecule has 0 aliphatic heterocycles. The third-order valence-electron chi connectivity index (χ3n) is 4.72. The van der Waals surface area contributed by atoms with Crippen LogP contribution >= 0.6 is 0 Å². The van der Waals surface area contributed by atoms with Gasteiger partial charge in [0.05, 0.1) is 7.11 Å². The van der Waals surface area contributed by atoms with Gasteiger partial charge < -0.3 is 9.72 Å². The van der Waals surface area contributed by atoms with Crippen molar-refractivity contribution in [2.75, 3.05) is 7.11 Å². The highest BCUT2D eigenvalue weighted by molar-refractivity contribution is 5.98. The van der Waals surface area contributed by atoms with Crippen LogP contribution in [0.25, 0.3) is 17.2 Å². The Morgan fingerprint density at radius 2 is 1.93 bits per heavy atom. The summed E-state index contributed by atoms with van der Waals surface area (Å²) in [4.78, 5) is 15.2. The van der Waals surface area contributed by atoms with Crippen molar-refractivity contribution in [1.29, 1.82) is 0 Å². The molecule has 2 rings (SSSR count). The predicted octanol–water partition coefficient (Wildman–Crippen LogP) is 6.12. The van der Waals surface area contributed by atoms with Crippen LogP contribution in [0.5, 0.6) is 0 Å². The smallest absolute Gasteiger partial charge is 0.160 e. The molecule has 0 saturated heterocycles. The van der Waals surface area contributed by atoms with Crippen LogP contribution in [-0.4, -0.2) is 17.9 Å². The van der Waals surface area contributed by atoms with Gasteiger partial charge in [-0.05, 0) is 56.5 Å². The molecule has 0 fully saturated rings. The van der Waals surface area contributed by atoms with Gasteiger partial charge in [0.2, 0.25) is 0 Å². The number of hydrogen-bond acceptors (Lipinski definition) is 2. The normalized spacial score (nSPS) is 12.0. The molecule has 1 aromatic heterocycles. The van der Waals surface area contributed by atoms with Crippen LogP contribution in [-0.2, 0) is 4.74 Å². The maximum Gasteiger partial charge on any atom is 0.160 e. The average molecular weight is 361 g/mol. The average Bonchev–Trinajstić information content (AvgIpc) is 3.00. The first kappa shape index (κ1) is 20.2. The van der Waals surface area contributed by atoms with Crippen molar-refractivity contribution in [2.24, 2.45) is 0 Å². The van der Waals surface area contributed by atoms with Gasteiger partial charge in [-0.15, -0.1) is 0 Å². The lowest BCUT2D eigenvalue weighted by molar-refractivity contribution is 0.101. The van der Waals surface area contributed by atoms with Gasteiger partial charge in [-0.2, -0.15) is 0 Å². The van der Waals surface area contributed by atoms with Crippen molar-refractivity contribution in [3.8, 4) is 0 Å². The van der Waals surface area contributed by atoms with E-state index in [1.807, 2.05) is 57.3 Å². The number of allylic oxidation sites excluding steroid dienone is 4. The second kappa shape index (κ2) is 8.54. The quantitative estimate of drug-likeness (QED) is 0.366. The van der Waals surface area contributed by atoms with Gasteiger partial charge in [0, 0.05) is 34.2 Å². The maximum atomic E-state index is 11.9. The molecule has 0 spiro atoms. The standard InChI is InChI=1S/C24H27NO2/c1-8-19(20-11-10-15(3)22(13-20)17(5)26)12-23-16(4)25-14-24(23)21(9-2)18(6)27-7/h8-14,25H,1,6H2,2-5,7H3/b19-12+,21-9+. The molecule has 140 valence electrons. The van der Waals surface area contributed by atoms with Crippen molar-refractivity contribution < 1.29 is 9.53 Å². The fraction of sp³-hybridized carbons (Fsp3) is 0.208. The Balaban J connectivity index is 2.62. The van der Waals surface area contributed by atoms with Crippen LogP contribution in [0, 0.1) is 13.8 Å². The van der Waals surface area contributed by atoms with E-state index in [-0.39, 0.29) is 5.78 Å². The van der Waals surface area contributed by atoms with Gasteiger partial charge in [0.1, 0.15) is 5.76 Å². The summed E-state index contributed by atoms with van der Waals surface area (Å²) < 4.78 is 5.34. The van der Waals surface area contributed by atoms with Crippen LogP contribution in [0.2, 0.25) is 0 Å². The molecular weight excluding hydrogens is 334 g/mol. The Kier molecular flexibility index (Phi) is 6.40. The molecule has 1 N–H and O–H groups in total. The highest BCUT2D eigenvalue weighted by atomic mass is 16.5. The first-order chi connectivity index (χ1) is 12.8. The molecule has 0 unspecified atom stereocenters. The van der Waals surface area contributed by atoms with E-state index in [2.05, 4.69) is 24.2 Å². The Bertz CT molecular complexity index is 955. The molecule has 0 aliphatic rings. The fourth-order valence-corrected chi connectivity index (χ4v) is 3.12. The van der Waals surface area contributed by atoms with E-state index in [0.29, 0.717) is 5.76 Å². The van der Waals surface area contributed by atoms with E-state index in [1.54, 1.807) is 14.0 Å². The summed E-state index contributed by atoms with van der Waals surface area (Å²) in [5, 5.41) is 0. The molecule has 1 aromatic carbocycles. The van der Waals surface area contributed by atoms with E-state index >= 15 is 0 Å². The van der Waals surface area contributed by atoms with E-state index in [0.717, 1.165) is 44.7 Å². The second-order valence-electron chi connectivity index (χ2n) is 6.46. The minimum absolute atomic E-state index is 0.0591. The molecule has 0 atom stereocenters. The fourth-order valence-electron chi connectivity index (χ4n) is 3.12. The van der Waals surface area contributed by atoms with E-state index in [1.165, 1.54) is 0 Å². The number of methoxy groups -OCH3 is 1. The van der Waals surface area contributed by atoms with Gasteiger partial charge in [-0.1, -0.05) is 37.4 Å². The van der Waals surface area contributed by atoms with Crippen LogP contribution in [0.15, 0.2) is 55.5 Å². The SMILES string of the molecule is C=C/C(=C\c1c(/C(=C/C)C(=C)OC)c[nH]c1C)c1ccc(C)c(C(C)=O)c1. The lowest BCUT2D eigenvalue weighted by atomic mass is 9.94. The molecule has 2 aromatic rings. The molecule has 0 amide bonds. The Morgan fingerprint density at radius 1 is 1.22 bits per heavy atom. The number of aromatic amines is 1. The number of Topliss-reactive ketones (excluding diaryl/α,β-unsaturated/α-hetero) is 1. The number of ketones is 1. The van der Waals surface area contributed by atoms with Gasteiger partial charge in [0.15, 0.2) is 5.78 Å². The zero-order valence-corrected chi connectivity index (χ0v) is 16.8. The zero-order valence-electron chi connectivity index (χ0n) is 16.8. The summed E-state index contributed by atoms with van der Waals surface area (Å²) >= 11 is 0. The number of nitrogens with one attached hydrogen (secondary N) is 1. The molecule has 1 heterocycles. The lowest BCUT2D eigenvalue weighted by Crippen LogP contribution is -1.97. The minimum atomic E-state index is 0.0591. The van der Waals surface area contributed by atoms with Gasteiger partial charge >= 0.3 is 0 Å². The van der Waals surface area contributed by atoms with E-state index in [4.69, 9.17) is 4.74 Å². The highest BCUT2D eigenvalue weighted by Crippen LogP contribution is 2.31. The number of ether oxygens (including phenoxy) is 1. The largest absolute Gasteiger partial charge is 0.497 e. The van der Waals surface area contributed by atoms with Crippen molar-refractivity contribution in [3.63, 3.8) is 0 Å². The van der Waals surface area contributed by atoms with Gasteiger partial charge in [-0.3, -0.25) is 4.79 Å². The topological polar surface area (TPSA) is 42.1 Å². The summed E-state index contributed by atoms with van der Waals surface area (Å²) in [7, 11) is 1.62. The maximum absolute atomic E-state index is 11.9. The number of rotatable bonds is 7. The van der Waals surface area contributed by atoms with Crippen molar-refractivity contribution in [2.45, 2.75) is 27.7 Å². The van der Waals surface area contributed by atoms with Gasteiger partial charge in [-0.25, -0.2) is 0 Å². The molecule has 0 saturated carbocycles. The number of aryl methyl sites for hydroxylation is 2. The number of carbonyl (C=O) groups is 1. The summed E-state index contributed by atoms with van der Waals surface area (Å²) in [5.74, 6) is 0.671. The van der Waals surface area contributed by atoms with Crippen LogP contribution in [0.4, 0.5) is 0 Å².